The first kappa shape index (κ1) is 19.9. The second-order valence-corrected chi connectivity index (χ2v) is 9.80. The number of phenols is 1. The van der Waals surface area contributed by atoms with Crippen LogP contribution in [-0.4, -0.2) is 28.3 Å². The number of carbonyl (C=O) groups excluding carboxylic acids is 1. The summed E-state index contributed by atoms with van der Waals surface area (Å²) < 4.78 is 0. The van der Waals surface area contributed by atoms with Gasteiger partial charge in [-0.1, -0.05) is 60.2 Å². The van der Waals surface area contributed by atoms with Crippen LogP contribution >= 0.6 is 11.8 Å². The third-order valence-electron chi connectivity index (χ3n) is 4.41. The van der Waals surface area contributed by atoms with Crippen molar-refractivity contribution in [1.29, 1.82) is 0 Å². The van der Waals surface area contributed by atoms with Crippen LogP contribution in [0.15, 0.2) is 17.0 Å². The fourth-order valence-corrected chi connectivity index (χ4v) is 4.01. The number of phenolic OH excluding ortho intramolecular Hbond substituents is 1. The van der Waals surface area contributed by atoms with E-state index in [4.69, 9.17) is 0 Å². The molecule has 1 saturated heterocycles. The van der Waals surface area contributed by atoms with Crippen LogP contribution in [0, 0.1) is 0 Å². The maximum Gasteiger partial charge on any atom is 0.261 e. The van der Waals surface area contributed by atoms with Gasteiger partial charge in [-0.15, -0.1) is 0 Å². The minimum absolute atomic E-state index is 0.120. The zero-order valence-electron chi connectivity index (χ0n) is 16.6. The van der Waals surface area contributed by atoms with Gasteiger partial charge in [-0.3, -0.25) is 4.79 Å². The monoisotopic (exact) mass is 361 g/mol. The summed E-state index contributed by atoms with van der Waals surface area (Å²) in [5.74, 6) is 1.23. The molecule has 1 aliphatic rings. The van der Waals surface area contributed by atoms with Gasteiger partial charge in [-0.25, -0.2) is 0 Å². The highest BCUT2D eigenvalue weighted by atomic mass is 32.2. The van der Waals surface area contributed by atoms with Gasteiger partial charge in [-0.2, -0.15) is 0 Å². The van der Waals surface area contributed by atoms with E-state index in [1.807, 2.05) is 23.1 Å². The van der Waals surface area contributed by atoms with Crippen LogP contribution in [0.3, 0.4) is 0 Å². The van der Waals surface area contributed by atoms with Crippen molar-refractivity contribution in [3.63, 3.8) is 0 Å². The second kappa shape index (κ2) is 7.06. The van der Waals surface area contributed by atoms with E-state index in [0.29, 0.717) is 5.75 Å². The van der Waals surface area contributed by atoms with Crippen LogP contribution in [0.1, 0.15) is 71.6 Å². The number of rotatable bonds is 3. The number of nitrogens with zero attached hydrogens (tertiary/aromatic N) is 1. The lowest BCUT2D eigenvalue weighted by atomic mass is 9.78. The standard InChI is InChI=1S/C21H31NO2S/c1-8-9-22-13-25-17(19(22)24)12-14-10-15(20(2,3)4)18(23)16(11-14)21(5,6)7/h10-12,23H,8-9,13H2,1-7H3. The first-order valence-corrected chi connectivity index (χ1v) is 9.95. The van der Waals surface area contributed by atoms with E-state index >= 15 is 0 Å². The molecular formula is C21H31NO2S. The zero-order valence-corrected chi connectivity index (χ0v) is 17.4. The van der Waals surface area contributed by atoms with Crippen molar-refractivity contribution in [2.75, 3.05) is 12.4 Å². The molecule has 0 saturated carbocycles. The molecule has 2 rings (SSSR count). The number of aromatic hydroxyl groups is 1. The van der Waals surface area contributed by atoms with E-state index in [9.17, 15) is 9.90 Å². The molecule has 0 radical (unpaired) electrons. The molecule has 0 unspecified atom stereocenters. The summed E-state index contributed by atoms with van der Waals surface area (Å²) in [7, 11) is 0. The van der Waals surface area contributed by atoms with Crippen LogP contribution in [0.2, 0.25) is 0 Å². The van der Waals surface area contributed by atoms with E-state index < -0.39 is 0 Å². The van der Waals surface area contributed by atoms with Gasteiger partial charge in [0.05, 0.1) is 10.8 Å². The van der Waals surface area contributed by atoms with Crippen molar-refractivity contribution < 1.29 is 9.90 Å². The molecule has 0 aliphatic carbocycles. The van der Waals surface area contributed by atoms with Gasteiger partial charge in [0.1, 0.15) is 5.75 Å². The number of amides is 1. The average molecular weight is 362 g/mol. The zero-order chi connectivity index (χ0) is 19.0. The number of carbonyl (C=O) groups is 1. The Balaban J connectivity index is 2.52. The first-order valence-electron chi connectivity index (χ1n) is 8.97. The van der Waals surface area contributed by atoms with E-state index in [0.717, 1.165) is 40.4 Å². The molecule has 0 aromatic heterocycles. The largest absolute Gasteiger partial charge is 0.507 e. The van der Waals surface area contributed by atoms with Crippen molar-refractivity contribution in [3.8, 4) is 5.75 Å². The molecule has 3 nitrogen and oxygen atoms in total. The molecular weight excluding hydrogens is 330 g/mol. The summed E-state index contributed by atoms with van der Waals surface area (Å²) in [6.45, 7) is 15.5. The Morgan fingerprint density at radius 3 is 2.08 bits per heavy atom. The van der Waals surface area contributed by atoms with E-state index in [-0.39, 0.29) is 16.7 Å². The molecule has 1 aromatic carbocycles. The Kier molecular flexibility index (Phi) is 5.62. The van der Waals surface area contributed by atoms with Crippen molar-refractivity contribution in [2.24, 2.45) is 0 Å². The highest BCUT2D eigenvalue weighted by Gasteiger charge is 2.28. The molecule has 0 bridgehead atoms. The third-order valence-corrected chi connectivity index (χ3v) is 5.46. The van der Waals surface area contributed by atoms with Gasteiger partial charge in [0.25, 0.3) is 5.91 Å². The molecule has 1 aliphatic heterocycles. The lowest BCUT2D eigenvalue weighted by Crippen LogP contribution is -2.25. The summed E-state index contributed by atoms with van der Waals surface area (Å²) in [5.41, 5.74) is 2.50. The summed E-state index contributed by atoms with van der Waals surface area (Å²) >= 11 is 1.60. The number of hydrogen-bond donors (Lipinski definition) is 1. The summed E-state index contributed by atoms with van der Waals surface area (Å²) in [5, 5.41) is 10.8. The lowest BCUT2D eigenvalue weighted by Gasteiger charge is -2.28. The van der Waals surface area contributed by atoms with Crippen molar-refractivity contribution in [2.45, 2.75) is 65.7 Å². The minimum Gasteiger partial charge on any atom is -0.507 e. The van der Waals surface area contributed by atoms with Crippen molar-refractivity contribution in [3.05, 3.63) is 33.7 Å². The molecule has 1 amide bonds. The van der Waals surface area contributed by atoms with Crippen molar-refractivity contribution in [1.82, 2.24) is 4.90 Å². The summed E-state index contributed by atoms with van der Waals surface area (Å²) in [6, 6.07) is 4.04. The van der Waals surface area contributed by atoms with Gasteiger partial charge in [-0.05, 0) is 41.0 Å². The molecule has 4 heteroatoms. The Bertz CT molecular complexity index is 658. The van der Waals surface area contributed by atoms with Crippen LogP contribution in [0.5, 0.6) is 5.75 Å². The molecule has 1 heterocycles. The number of thioether (sulfide) groups is 1. The Labute approximate surface area is 156 Å². The van der Waals surface area contributed by atoms with Crippen molar-refractivity contribution >= 4 is 23.7 Å². The SMILES string of the molecule is CCCN1CSC(=Cc2cc(C(C)(C)C)c(O)c(C(C)(C)C)c2)C1=O. The molecule has 1 fully saturated rings. The Morgan fingerprint density at radius 1 is 1.12 bits per heavy atom. The Hall–Kier alpha value is -1.42. The summed E-state index contributed by atoms with van der Waals surface area (Å²) in [6.07, 6.45) is 2.95. The fraction of sp³-hybridized carbons (Fsp3) is 0.571. The molecule has 0 spiro atoms. The van der Waals surface area contributed by atoms with Gasteiger partial charge in [0, 0.05) is 17.7 Å². The minimum atomic E-state index is -0.167. The highest BCUT2D eigenvalue weighted by Crippen LogP contribution is 2.41. The first-order chi connectivity index (χ1) is 11.4. The van der Waals surface area contributed by atoms with Gasteiger partial charge in [0.2, 0.25) is 0 Å². The van der Waals surface area contributed by atoms with Crippen LogP contribution < -0.4 is 0 Å². The van der Waals surface area contributed by atoms with Gasteiger partial charge < -0.3 is 10.0 Å². The molecule has 1 aromatic rings. The summed E-state index contributed by atoms with van der Waals surface area (Å²) in [4.78, 5) is 15.2. The third kappa shape index (κ3) is 4.41. The van der Waals surface area contributed by atoms with Gasteiger partial charge >= 0.3 is 0 Å². The van der Waals surface area contributed by atoms with Crippen LogP contribution in [0.4, 0.5) is 0 Å². The molecule has 0 atom stereocenters. The second-order valence-electron chi connectivity index (χ2n) is 8.82. The quantitative estimate of drug-likeness (QED) is 0.746. The maximum absolute atomic E-state index is 12.5. The number of hydrogen-bond acceptors (Lipinski definition) is 3. The lowest BCUT2D eigenvalue weighted by molar-refractivity contribution is -0.124. The van der Waals surface area contributed by atoms with E-state index in [1.165, 1.54) is 0 Å². The van der Waals surface area contributed by atoms with Gasteiger partial charge in [0.15, 0.2) is 0 Å². The highest BCUT2D eigenvalue weighted by molar-refractivity contribution is 8.04. The maximum atomic E-state index is 12.5. The predicted octanol–water partition coefficient (Wildman–Crippen LogP) is 5.27. The molecule has 25 heavy (non-hydrogen) atoms. The van der Waals surface area contributed by atoms with Crippen LogP contribution in [-0.2, 0) is 15.6 Å². The number of benzene rings is 1. The topological polar surface area (TPSA) is 40.5 Å². The van der Waals surface area contributed by atoms with Crippen LogP contribution in [0.25, 0.3) is 6.08 Å². The molecule has 1 N–H and O–H groups in total. The predicted molar refractivity (Wildman–Crippen MR) is 108 cm³/mol. The smallest absolute Gasteiger partial charge is 0.261 e. The fourth-order valence-electron chi connectivity index (χ4n) is 3.00. The van der Waals surface area contributed by atoms with E-state index in [2.05, 4.69) is 48.5 Å². The normalized spacial score (nSPS) is 17.6. The average Bonchev–Trinajstić information content (AvgIpc) is 2.80. The molecule has 138 valence electrons. The van der Waals surface area contributed by atoms with E-state index in [1.54, 1.807) is 11.8 Å². The Morgan fingerprint density at radius 2 is 1.64 bits per heavy atom.